The standard InChI is InChI=1S/C30H27N3O4/c1-17-14-18(2)16-21(15-17)33-29(35)24-25(30(33)36)27(28(34)31-20-8-10-22(37-3)11-9-20)32-13-12-19-6-4-5-7-23(19)26(24)32/h4-16,24-27H,1-3H3,(H,31,34)/t24-,25+,26?,27-/m0/s1. The van der Waals surface area contributed by atoms with Gasteiger partial charge >= 0.3 is 0 Å². The minimum absolute atomic E-state index is 0.264. The summed E-state index contributed by atoms with van der Waals surface area (Å²) in [6, 6.07) is 19.3. The average Bonchev–Trinajstić information content (AvgIpc) is 3.36. The van der Waals surface area contributed by atoms with E-state index < -0.39 is 23.9 Å². The van der Waals surface area contributed by atoms with Crippen LogP contribution in [0.3, 0.4) is 0 Å². The molecule has 3 amide bonds. The van der Waals surface area contributed by atoms with Crippen molar-refractivity contribution in [2.45, 2.75) is 25.9 Å². The van der Waals surface area contributed by atoms with Crippen molar-refractivity contribution < 1.29 is 19.1 Å². The Bertz CT molecular complexity index is 1440. The highest BCUT2D eigenvalue weighted by molar-refractivity contribution is 6.24. The summed E-state index contributed by atoms with van der Waals surface area (Å²) in [6.45, 7) is 3.88. The molecule has 0 spiro atoms. The van der Waals surface area contributed by atoms with Crippen molar-refractivity contribution in [1.29, 1.82) is 0 Å². The molecule has 2 saturated heterocycles. The van der Waals surface area contributed by atoms with Crippen molar-refractivity contribution >= 4 is 35.2 Å². The maximum absolute atomic E-state index is 14.0. The van der Waals surface area contributed by atoms with Crippen LogP contribution in [0.15, 0.2) is 72.9 Å². The van der Waals surface area contributed by atoms with Gasteiger partial charge in [-0.3, -0.25) is 14.4 Å². The fourth-order valence-electron chi connectivity index (χ4n) is 6.08. The van der Waals surface area contributed by atoms with E-state index in [0.717, 1.165) is 22.3 Å². The number of methoxy groups -OCH3 is 1. The lowest BCUT2D eigenvalue weighted by Gasteiger charge is -2.35. The van der Waals surface area contributed by atoms with Gasteiger partial charge in [-0.1, -0.05) is 30.3 Å². The molecule has 2 fully saturated rings. The van der Waals surface area contributed by atoms with Gasteiger partial charge in [0.05, 0.1) is 30.7 Å². The van der Waals surface area contributed by atoms with Crippen LogP contribution in [0.25, 0.3) is 6.08 Å². The van der Waals surface area contributed by atoms with E-state index in [1.165, 1.54) is 4.90 Å². The molecule has 7 heteroatoms. The van der Waals surface area contributed by atoms with E-state index in [1.807, 2.05) is 73.5 Å². The minimum atomic E-state index is -0.839. The van der Waals surface area contributed by atoms with Crippen LogP contribution in [-0.4, -0.2) is 35.8 Å². The SMILES string of the molecule is COc1ccc(NC(=O)[C@@H]2[C@@H]3C(=O)N(c4cc(C)cc(C)c4)C(=O)[C@@H]3C3c4ccccc4C=CN32)cc1. The third-order valence-corrected chi connectivity index (χ3v) is 7.55. The molecule has 3 aliphatic heterocycles. The van der Waals surface area contributed by atoms with Gasteiger partial charge in [0, 0.05) is 11.9 Å². The Hall–Kier alpha value is -4.39. The van der Waals surface area contributed by atoms with Gasteiger partial charge in [-0.15, -0.1) is 0 Å². The second-order valence-electron chi connectivity index (χ2n) is 9.91. The summed E-state index contributed by atoms with van der Waals surface area (Å²) in [5, 5.41) is 2.96. The maximum Gasteiger partial charge on any atom is 0.247 e. The molecule has 4 atom stereocenters. The van der Waals surface area contributed by atoms with Crippen LogP contribution in [0.2, 0.25) is 0 Å². The number of amides is 3. The summed E-state index contributed by atoms with van der Waals surface area (Å²) < 4.78 is 5.21. The van der Waals surface area contributed by atoms with Crippen molar-refractivity contribution in [3.05, 3.63) is 95.2 Å². The number of fused-ring (bicyclic) bond motifs is 5. The largest absolute Gasteiger partial charge is 0.497 e. The van der Waals surface area contributed by atoms with Gasteiger partial charge in [0.15, 0.2) is 0 Å². The van der Waals surface area contributed by atoms with Crippen molar-refractivity contribution in [2.24, 2.45) is 11.8 Å². The molecule has 3 heterocycles. The van der Waals surface area contributed by atoms with Crippen LogP contribution in [0.5, 0.6) is 5.75 Å². The Balaban J connectivity index is 1.43. The number of benzene rings is 3. The van der Waals surface area contributed by atoms with Crippen LogP contribution in [0.1, 0.15) is 28.3 Å². The lowest BCUT2D eigenvalue weighted by Crippen LogP contribution is -2.46. The van der Waals surface area contributed by atoms with Crippen LogP contribution in [0, 0.1) is 25.7 Å². The van der Waals surface area contributed by atoms with E-state index in [-0.39, 0.29) is 17.7 Å². The molecule has 0 aromatic heterocycles. The molecule has 0 aliphatic carbocycles. The molecule has 0 radical (unpaired) electrons. The molecule has 6 rings (SSSR count). The number of rotatable bonds is 4. The number of carbonyl (C=O) groups is 3. The number of anilines is 2. The number of carbonyl (C=O) groups excluding carboxylic acids is 3. The van der Waals surface area contributed by atoms with Crippen molar-refractivity contribution in [3.8, 4) is 5.75 Å². The molecule has 1 unspecified atom stereocenters. The van der Waals surface area contributed by atoms with E-state index >= 15 is 0 Å². The number of hydrogen-bond donors (Lipinski definition) is 1. The number of imide groups is 1. The van der Waals surface area contributed by atoms with E-state index in [4.69, 9.17) is 4.74 Å². The highest BCUT2D eigenvalue weighted by atomic mass is 16.5. The summed E-state index contributed by atoms with van der Waals surface area (Å²) in [4.78, 5) is 44.9. The summed E-state index contributed by atoms with van der Waals surface area (Å²) in [5.74, 6) is -1.74. The molecular formula is C30H27N3O4. The van der Waals surface area contributed by atoms with E-state index in [1.54, 1.807) is 31.4 Å². The molecule has 0 bridgehead atoms. The number of nitrogens with one attached hydrogen (secondary N) is 1. The molecule has 37 heavy (non-hydrogen) atoms. The van der Waals surface area contributed by atoms with Gasteiger partial charge in [0.1, 0.15) is 11.8 Å². The van der Waals surface area contributed by atoms with Crippen molar-refractivity contribution in [3.63, 3.8) is 0 Å². The third kappa shape index (κ3) is 3.61. The monoisotopic (exact) mass is 493 g/mol. The highest BCUT2D eigenvalue weighted by Crippen LogP contribution is 2.53. The predicted molar refractivity (Wildman–Crippen MR) is 141 cm³/mol. The second-order valence-corrected chi connectivity index (χ2v) is 9.91. The lowest BCUT2D eigenvalue weighted by molar-refractivity contribution is -0.128. The number of ether oxygens (including phenoxy) is 1. The Labute approximate surface area is 215 Å². The van der Waals surface area contributed by atoms with Gasteiger partial charge in [-0.2, -0.15) is 0 Å². The Morgan fingerprint density at radius 1 is 0.892 bits per heavy atom. The zero-order valence-corrected chi connectivity index (χ0v) is 20.8. The van der Waals surface area contributed by atoms with Crippen molar-refractivity contribution in [1.82, 2.24) is 4.90 Å². The predicted octanol–water partition coefficient (Wildman–Crippen LogP) is 4.47. The molecular weight excluding hydrogens is 466 g/mol. The number of nitrogens with zero attached hydrogens (tertiary/aromatic N) is 2. The van der Waals surface area contributed by atoms with Gasteiger partial charge < -0.3 is 15.0 Å². The first kappa shape index (κ1) is 23.0. The molecule has 3 aromatic rings. The van der Waals surface area contributed by atoms with Crippen LogP contribution < -0.4 is 15.0 Å². The minimum Gasteiger partial charge on any atom is -0.497 e. The first-order valence-corrected chi connectivity index (χ1v) is 12.3. The maximum atomic E-state index is 14.0. The number of hydrogen-bond acceptors (Lipinski definition) is 5. The zero-order chi connectivity index (χ0) is 25.8. The third-order valence-electron chi connectivity index (χ3n) is 7.55. The smallest absolute Gasteiger partial charge is 0.247 e. The van der Waals surface area contributed by atoms with E-state index in [2.05, 4.69) is 5.32 Å². The summed E-state index contributed by atoms with van der Waals surface area (Å²) in [5.41, 5.74) is 5.02. The van der Waals surface area contributed by atoms with Crippen LogP contribution in [0.4, 0.5) is 11.4 Å². The summed E-state index contributed by atoms with van der Waals surface area (Å²) in [7, 11) is 1.58. The Morgan fingerprint density at radius 2 is 1.57 bits per heavy atom. The second kappa shape index (κ2) is 8.62. The molecule has 7 nitrogen and oxygen atoms in total. The molecule has 3 aliphatic rings. The number of aryl methyl sites for hydroxylation is 2. The Morgan fingerprint density at radius 3 is 2.27 bits per heavy atom. The van der Waals surface area contributed by atoms with Crippen LogP contribution >= 0.6 is 0 Å². The fraction of sp³-hybridized carbons (Fsp3) is 0.233. The average molecular weight is 494 g/mol. The first-order chi connectivity index (χ1) is 17.9. The van der Waals surface area contributed by atoms with Gasteiger partial charge in [0.2, 0.25) is 17.7 Å². The first-order valence-electron chi connectivity index (χ1n) is 12.3. The van der Waals surface area contributed by atoms with E-state index in [9.17, 15) is 14.4 Å². The highest BCUT2D eigenvalue weighted by Gasteiger charge is 2.64. The fourth-order valence-corrected chi connectivity index (χ4v) is 6.08. The summed E-state index contributed by atoms with van der Waals surface area (Å²) in [6.07, 6.45) is 3.79. The Kier molecular flexibility index (Phi) is 5.37. The van der Waals surface area contributed by atoms with E-state index in [0.29, 0.717) is 17.1 Å². The van der Waals surface area contributed by atoms with Gasteiger partial charge in [-0.25, -0.2) is 4.90 Å². The quantitative estimate of drug-likeness (QED) is 0.543. The normalized spacial score (nSPS) is 23.5. The molecule has 3 aromatic carbocycles. The van der Waals surface area contributed by atoms with Crippen LogP contribution in [-0.2, 0) is 14.4 Å². The molecule has 0 saturated carbocycles. The summed E-state index contributed by atoms with van der Waals surface area (Å²) >= 11 is 0. The van der Waals surface area contributed by atoms with Crippen molar-refractivity contribution in [2.75, 3.05) is 17.3 Å². The van der Waals surface area contributed by atoms with Gasteiger partial charge in [0.25, 0.3) is 0 Å². The lowest BCUT2D eigenvalue weighted by atomic mass is 9.84. The van der Waals surface area contributed by atoms with Gasteiger partial charge in [-0.05, 0) is 78.6 Å². The molecule has 1 N–H and O–H groups in total. The molecule has 186 valence electrons. The topological polar surface area (TPSA) is 79.0 Å². The zero-order valence-electron chi connectivity index (χ0n) is 20.8.